The topological polar surface area (TPSA) is 33.2 Å². The minimum absolute atomic E-state index is 0.0342. The summed E-state index contributed by atoms with van der Waals surface area (Å²) in [4.78, 5) is 18.7. The zero-order valence-corrected chi connectivity index (χ0v) is 13.5. The third kappa shape index (κ3) is 3.22. The number of alkyl halides is 1. The lowest BCUT2D eigenvalue weighted by Crippen LogP contribution is -2.38. The van der Waals surface area contributed by atoms with E-state index in [-0.39, 0.29) is 5.91 Å². The number of hydrogen-bond acceptors (Lipinski definition) is 3. The van der Waals surface area contributed by atoms with Crippen molar-refractivity contribution in [2.45, 2.75) is 25.1 Å². The Morgan fingerprint density at radius 3 is 2.42 bits per heavy atom. The van der Waals surface area contributed by atoms with Gasteiger partial charge in [0.2, 0.25) is 5.91 Å². The Labute approximate surface area is 125 Å². The Balaban J connectivity index is 2.49. The average Bonchev–Trinajstić information content (AvgIpc) is 2.76. The molecule has 19 heavy (non-hydrogen) atoms. The average molecular weight is 339 g/mol. The predicted octanol–water partition coefficient (Wildman–Crippen LogP) is 4.29. The molecule has 0 saturated carbocycles. The lowest BCUT2D eigenvalue weighted by atomic mass is 10.1. The molecule has 5 heteroatoms. The van der Waals surface area contributed by atoms with Crippen molar-refractivity contribution in [3.8, 4) is 0 Å². The number of thiazole rings is 1. The van der Waals surface area contributed by atoms with Crippen molar-refractivity contribution < 1.29 is 4.79 Å². The monoisotopic (exact) mass is 338 g/mol. The van der Waals surface area contributed by atoms with Gasteiger partial charge in [-0.15, -0.1) is 11.3 Å². The van der Waals surface area contributed by atoms with Crippen LogP contribution in [0.3, 0.4) is 0 Å². The first kappa shape index (κ1) is 14.2. The second kappa shape index (κ2) is 5.43. The maximum atomic E-state index is 12.6. The van der Waals surface area contributed by atoms with E-state index in [1.165, 1.54) is 11.3 Å². The molecule has 0 radical (unpaired) electrons. The van der Waals surface area contributed by atoms with Crippen LogP contribution in [0, 0.1) is 6.92 Å². The molecular formula is C14H15BrN2OS. The van der Waals surface area contributed by atoms with E-state index in [0.717, 1.165) is 11.4 Å². The van der Waals surface area contributed by atoms with Crippen LogP contribution in [-0.2, 0) is 4.79 Å². The molecule has 0 aliphatic rings. The molecule has 0 saturated heterocycles. The number of hydrogen-bond donors (Lipinski definition) is 0. The van der Waals surface area contributed by atoms with Crippen LogP contribution in [0.15, 0.2) is 35.7 Å². The van der Waals surface area contributed by atoms with Crippen LogP contribution < -0.4 is 4.90 Å². The summed E-state index contributed by atoms with van der Waals surface area (Å²) in [5, 5.41) is 2.64. The van der Waals surface area contributed by atoms with Crippen LogP contribution in [0.1, 0.15) is 19.5 Å². The molecule has 1 heterocycles. The number of benzene rings is 1. The molecule has 100 valence electrons. The molecule has 2 aromatic rings. The van der Waals surface area contributed by atoms with Crippen LogP contribution in [0.25, 0.3) is 0 Å². The van der Waals surface area contributed by atoms with Crippen molar-refractivity contribution >= 4 is 44.0 Å². The summed E-state index contributed by atoms with van der Waals surface area (Å²) in [5.74, 6) is -0.0342. The minimum Gasteiger partial charge on any atom is -0.272 e. The SMILES string of the molecule is Cc1csc(N(C(=O)C(C)(C)Br)c2ccccc2)n1. The molecule has 0 fully saturated rings. The molecule has 1 aromatic heterocycles. The maximum absolute atomic E-state index is 12.6. The predicted molar refractivity (Wildman–Crippen MR) is 83.4 cm³/mol. The number of aryl methyl sites for hydroxylation is 1. The number of carbonyl (C=O) groups is 1. The Hall–Kier alpha value is -1.20. The van der Waals surface area contributed by atoms with E-state index < -0.39 is 4.32 Å². The zero-order valence-electron chi connectivity index (χ0n) is 11.1. The standard InChI is InChI=1S/C14H15BrN2OS/c1-10-9-19-13(16-10)17(12(18)14(2,3)15)11-7-5-4-6-8-11/h4-9H,1-3H3. The highest BCUT2D eigenvalue weighted by Gasteiger charge is 2.32. The van der Waals surface area contributed by atoms with Crippen molar-refractivity contribution in [3.63, 3.8) is 0 Å². The molecule has 1 aromatic carbocycles. The van der Waals surface area contributed by atoms with Gasteiger partial charge < -0.3 is 0 Å². The second-order valence-electron chi connectivity index (χ2n) is 4.72. The first-order chi connectivity index (χ1) is 8.89. The number of aromatic nitrogens is 1. The number of anilines is 2. The molecule has 3 nitrogen and oxygen atoms in total. The van der Waals surface area contributed by atoms with Crippen molar-refractivity contribution in [1.29, 1.82) is 0 Å². The fraction of sp³-hybridized carbons (Fsp3) is 0.286. The molecule has 1 amide bonds. The molecule has 0 N–H and O–H groups in total. The van der Waals surface area contributed by atoms with Crippen molar-refractivity contribution in [2.24, 2.45) is 0 Å². The van der Waals surface area contributed by atoms with E-state index in [9.17, 15) is 4.79 Å². The number of amides is 1. The highest BCUT2D eigenvalue weighted by Crippen LogP contribution is 2.33. The Morgan fingerprint density at radius 1 is 1.32 bits per heavy atom. The summed E-state index contributed by atoms with van der Waals surface area (Å²) in [7, 11) is 0. The van der Waals surface area contributed by atoms with Crippen LogP contribution in [0.2, 0.25) is 0 Å². The van der Waals surface area contributed by atoms with Gasteiger partial charge in [0.25, 0.3) is 0 Å². The first-order valence-corrected chi connectivity index (χ1v) is 7.57. The maximum Gasteiger partial charge on any atom is 0.249 e. The highest BCUT2D eigenvalue weighted by atomic mass is 79.9. The van der Waals surface area contributed by atoms with Crippen molar-refractivity contribution in [1.82, 2.24) is 4.98 Å². The number of carbonyl (C=O) groups excluding carboxylic acids is 1. The number of rotatable bonds is 3. The van der Waals surface area contributed by atoms with Gasteiger partial charge in [-0.3, -0.25) is 9.69 Å². The van der Waals surface area contributed by atoms with Crippen LogP contribution >= 0.6 is 27.3 Å². The van der Waals surface area contributed by atoms with Gasteiger partial charge in [-0.1, -0.05) is 34.1 Å². The van der Waals surface area contributed by atoms with Crippen LogP contribution in [-0.4, -0.2) is 15.2 Å². The number of nitrogens with zero attached hydrogens (tertiary/aromatic N) is 2. The molecule has 0 bridgehead atoms. The van der Waals surface area contributed by atoms with Crippen molar-refractivity contribution in [3.05, 3.63) is 41.4 Å². The van der Waals surface area contributed by atoms with Gasteiger partial charge in [0.15, 0.2) is 5.13 Å². The first-order valence-electron chi connectivity index (χ1n) is 5.90. The van der Waals surface area contributed by atoms with E-state index in [2.05, 4.69) is 20.9 Å². The summed E-state index contributed by atoms with van der Waals surface area (Å²) < 4.78 is -0.636. The molecule has 0 aliphatic heterocycles. The summed E-state index contributed by atoms with van der Waals surface area (Å²) in [6.45, 7) is 5.60. The minimum atomic E-state index is -0.636. The fourth-order valence-electron chi connectivity index (χ4n) is 1.60. The highest BCUT2D eigenvalue weighted by molar-refractivity contribution is 9.10. The number of para-hydroxylation sites is 1. The third-order valence-electron chi connectivity index (χ3n) is 2.52. The van der Waals surface area contributed by atoms with E-state index in [4.69, 9.17) is 0 Å². The fourth-order valence-corrected chi connectivity index (χ4v) is 2.60. The largest absolute Gasteiger partial charge is 0.272 e. The van der Waals surface area contributed by atoms with E-state index in [1.807, 2.05) is 56.5 Å². The summed E-state index contributed by atoms with van der Waals surface area (Å²) >= 11 is 4.90. The molecule has 2 rings (SSSR count). The smallest absolute Gasteiger partial charge is 0.249 e. The van der Waals surface area contributed by atoms with Gasteiger partial charge in [0.1, 0.15) is 0 Å². The van der Waals surface area contributed by atoms with Gasteiger partial charge in [-0.25, -0.2) is 4.98 Å². The lowest BCUT2D eigenvalue weighted by Gasteiger charge is -2.26. The molecule has 0 spiro atoms. The van der Waals surface area contributed by atoms with Crippen LogP contribution in [0.5, 0.6) is 0 Å². The normalized spacial score (nSPS) is 11.4. The van der Waals surface area contributed by atoms with Gasteiger partial charge in [0, 0.05) is 5.38 Å². The molecular weight excluding hydrogens is 324 g/mol. The Kier molecular flexibility index (Phi) is 4.06. The quantitative estimate of drug-likeness (QED) is 0.782. The van der Waals surface area contributed by atoms with Gasteiger partial charge >= 0.3 is 0 Å². The van der Waals surface area contributed by atoms with Gasteiger partial charge in [0.05, 0.1) is 15.7 Å². The van der Waals surface area contributed by atoms with E-state index >= 15 is 0 Å². The summed E-state index contributed by atoms with van der Waals surface area (Å²) in [6, 6.07) is 9.58. The summed E-state index contributed by atoms with van der Waals surface area (Å²) in [5.41, 5.74) is 1.75. The lowest BCUT2D eigenvalue weighted by molar-refractivity contribution is -0.119. The van der Waals surface area contributed by atoms with Gasteiger partial charge in [-0.2, -0.15) is 0 Å². The zero-order chi connectivity index (χ0) is 14.0. The molecule has 0 atom stereocenters. The van der Waals surface area contributed by atoms with Gasteiger partial charge in [-0.05, 0) is 32.9 Å². The second-order valence-corrected chi connectivity index (χ2v) is 7.54. The third-order valence-corrected chi connectivity index (χ3v) is 3.81. The summed E-state index contributed by atoms with van der Waals surface area (Å²) in [6.07, 6.45) is 0. The Morgan fingerprint density at radius 2 is 1.95 bits per heavy atom. The Bertz CT molecular complexity index is 575. The molecule has 0 unspecified atom stereocenters. The van der Waals surface area contributed by atoms with Crippen molar-refractivity contribution in [2.75, 3.05) is 4.90 Å². The van der Waals surface area contributed by atoms with E-state index in [1.54, 1.807) is 4.90 Å². The molecule has 0 aliphatic carbocycles. The number of halogens is 1. The van der Waals surface area contributed by atoms with E-state index in [0.29, 0.717) is 5.13 Å². The van der Waals surface area contributed by atoms with Crippen LogP contribution in [0.4, 0.5) is 10.8 Å².